The van der Waals surface area contributed by atoms with Gasteiger partial charge in [-0.05, 0) is 49.1 Å². The molecule has 1 N–H and O–H groups in total. The lowest BCUT2D eigenvalue weighted by Crippen LogP contribution is -2.53. The molecule has 0 aromatic heterocycles. The first-order chi connectivity index (χ1) is 18.6. The topological polar surface area (TPSA) is 114 Å². The summed E-state index contributed by atoms with van der Waals surface area (Å²) >= 11 is 0. The summed E-state index contributed by atoms with van der Waals surface area (Å²) in [6.45, 7) is 1.44. The molecule has 11 heteroatoms. The molecule has 0 spiro atoms. The van der Waals surface area contributed by atoms with E-state index < -0.39 is 28.5 Å². The fraction of sp³-hybridized carbons (Fsp3) is 0.500. The maximum Gasteiger partial charge on any atom is 0.244 e. The van der Waals surface area contributed by atoms with Crippen molar-refractivity contribution in [3.05, 3.63) is 48.0 Å². The SMILES string of the molecule is CCC(C(=O)NC1CCCC1)N(Cc1ccc(OC)cc1)C(=O)CN(c1cc(OC)ccc1OC)S(C)(=O)=O. The predicted molar refractivity (Wildman–Crippen MR) is 150 cm³/mol. The zero-order valence-electron chi connectivity index (χ0n) is 23.3. The number of methoxy groups -OCH3 is 3. The Labute approximate surface area is 231 Å². The number of benzene rings is 2. The van der Waals surface area contributed by atoms with Gasteiger partial charge in [-0.1, -0.05) is 31.9 Å². The number of rotatable bonds is 13. The number of sulfonamides is 1. The van der Waals surface area contributed by atoms with E-state index in [1.54, 1.807) is 31.4 Å². The van der Waals surface area contributed by atoms with E-state index in [0.29, 0.717) is 17.9 Å². The molecule has 1 aliphatic carbocycles. The Morgan fingerprint density at radius 3 is 2.13 bits per heavy atom. The highest BCUT2D eigenvalue weighted by molar-refractivity contribution is 7.92. The van der Waals surface area contributed by atoms with Crippen molar-refractivity contribution in [3.8, 4) is 17.2 Å². The van der Waals surface area contributed by atoms with Crippen LogP contribution in [0.4, 0.5) is 5.69 Å². The van der Waals surface area contributed by atoms with Gasteiger partial charge in [0.2, 0.25) is 21.8 Å². The Morgan fingerprint density at radius 2 is 1.59 bits per heavy atom. The highest BCUT2D eigenvalue weighted by Crippen LogP contribution is 2.34. The predicted octanol–water partition coefficient (Wildman–Crippen LogP) is 3.34. The third-order valence-corrected chi connectivity index (χ3v) is 8.06. The number of carbonyl (C=O) groups excluding carboxylic acids is 2. The van der Waals surface area contributed by atoms with Gasteiger partial charge in [0, 0.05) is 18.7 Å². The molecule has 3 rings (SSSR count). The Morgan fingerprint density at radius 1 is 0.974 bits per heavy atom. The first kappa shape index (κ1) is 30.1. The molecule has 1 fully saturated rings. The van der Waals surface area contributed by atoms with E-state index in [-0.39, 0.29) is 29.9 Å². The Kier molecular flexibility index (Phi) is 10.4. The molecule has 2 aromatic carbocycles. The van der Waals surface area contributed by atoms with Crippen molar-refractivity contribution in [1.82, 2.24) is 10.2 Å². The van der Waals surface area contributed by atoms with E-state index in [2.05, 4.69) is 5.32 Å². The van der Waals surface area contributed by atoms with Crippen LogP contribution in [-0.2, 0) is 26.2 Å². The normalized spacial score (nSPS) is 14.4. The molecule has 2 aromatic rings. The molecule has 0 heterocycles. The van der Waals surface area contributed by atoms with E-state index in [4.69, 9.17) is 14.2 Å². The maximum atomic E-state index is 13.9. The Bertz CT molecular complexity index is 1230. The maximum absolute atomic E-state index is 13.9. The first-order valence-corrected chi connectivity index (χ1v) is 14.9. The standard InChI is InChI=1S/C28H39N3O7S/c1-6-24(28(33)29-21-9-7-8-10-21)30(18-20-11-13-22(36-2)14-12-20)27(32)19-31(39(5,34)35)25-17-23(37-3)15-16-26(25)38-4/h11-17,21,24H,6-10,18-19H2,1-5H3,(H,29,33). The Balaban J connectivity index is 1.98. The highest BCUT2D eigenvalue weighted by atomic mass is 32.2. The fourth-order valence-electron chi connectivity index (χ4n) is 4.80. The lowest BCUT2D eigenvalue weighted by molar-refractivity contribution is -0.140. The van der Waals surface area contributed by atoms with Gasteiger partial charge in [0.1, 0.15) is 29.8 Å². The number of hydrogen-bond acceptors (Lipinski definition) is 7. The number of hydrogen-bond donors (Lipinski definition) is 1. The van der Waals surface area contributed by atoms with E-state index in [9.17, 15) is 18.0 Å². The van der Waals surface area contributed by atoms with E-state index in [0.717, 1.165) is 41.8 Å². The smallest absolute Gasteiger partial charge is 0.244 e. The summed E-state index contributed by atoms with van der Waals surface area (Å²) in [6.07, 6.45) is 5.32. The van der Waals surface area contributed by atoms with Gasteiger partial charge in [0.15, 0.2) is 0 Å². The minimum absolute atomic E-state index is 0.0815. The molecule has 10 nitrogen and oxygen atoms in total. The van der Waals surface area contributed by atoms with Crippen molar-refractivity contribution in [2.75, 3.05) is 38.4 Å². The third-order valence-electron chi connectivity index (χ3n) is 6.93. The van der Waals surface area contributed by atoms with Crippen molar-refractivity contribution in [2.45, 2.75) is 57.7 Å². The lowest BCUT2D eigenvalue weighted by atomic mass is 10.1. The van der Waals surface area contributed by atoms with Gasteiger partial charge in [-0.25, -0.2) is 8.42 Å². The zero-order valence-corrected chi connectivity index (χ0v) is 24.1. The zero-order chi connectivity index (χ0) is 28.6. The molecular weight excluding hydrogens is 522 g/mol. The number of anilines is 1. The number of ether oxygens (including phenoxy) is 3. The van der Waals surface area contributed by atoms with Crippen LogP contribution in [0, 0.1) is 0 Å². The summed E-state index contributed by atoms with van der Waals surface area (Å²) in [4.78, 5) is 28.8. The van der Waals surface area contributed by atoms with E-state index in [1.165, 1.54) is 25.2 Å². The summed E-state index contributed by atoms with van der Waals surface area (Å²) in [5, 5.41) is 3.10. The molecular formula is C28H39N3O7S. The molecule has 214 valence electrons. The second kappa shape index (κ2) is 13.5. The molecule has 0 aliphatic heterocycles. The van der Waals surface area contributed by atoms with Gasteiger partial charge in [-0.15, -0.1) is 0 Å². The van der Waals surface area contributed by atoms with Gasteiger partial charge in [0.25, 0.3) is 0 Å². The van der Waals surface area contributed by atoms with Crippen molar-refractivity contribution in [3.63, 3.8) is 0 Å². The summed E-state index contributed by atoms with van der Waals surface area (Å²) < 4.78 is 42.8. The number of nitrogens with zero attached hydrogens (tertiary/aromatic N) is 2. The van der Waals surface area contributed by atoms with Crippen LogP contribution in [0.15, 0.2) is 42.5 Å². The highest BCUT2D eigenvalue weighted by Gasteiger charge is 2.33. The number of nitrogens with one attached hydrogen (secondary N) is 1. The molecule has 1 unspecified atom stereocenters. The molecule has 39 heavy (non-hydrogen) atoms. The van der Waals surface area contributed by atoms with Crippen molar-refractivity contribution in [2.24, 2.45) is 0 Å². The first-order valence-electron chi connectivity index (χ1n) is 13.0. The average molecular weight is 562 g/mol. The molecule has 1 saturated carbocycles. The quantitative estimate of drug-likeness (QED) is 0.399. The molecule has 0 bridgehead atoms. The minimum Gasteiger partial charge on any atom is -0.497 e. The van der Waals surface area contributed by atoms with Crippen LogP contribution in [0.3, 0.4) is 0 Å². The molecule has 0 saturated heterocycles. The van der Waals surface area contributed by atoms with Crippen molar-refractivity contribution < 1.29 is 32.2 Å². The van der Waals surface area contributed by atoms with Crippen LogP contribution >= 0.6 is 0 Å². The lowest BCUT2D eigenvalue weighted by Gasteiger charge is -2.33. The summed E-state index contributed by atoms with van der Waals surface area (Å²) in [7, 11) is 0.529. The molecule has 1 atom stereocenters. The number of carbonyl (C=O) groups is 2. The molecule has 2 amide bonds. The summed E-state index contributed by atoms with van der Waals surface area (Å²) in [5.41, 5.74) is 0.946. The van der Waals surface area contributed by atoms with E-state index >= 15 is 0 Å². The van der Waals surface area contributed by atoms with Gasteiger partial charge in [0.05, 0.1) is 33.3 Å². The van der Waals surface area contributed by atoms with Gasteiger partial charge in [-0.3, -0.25) is 13.9 Å². The van der Waals surface area contributed by atoms with Gasteiger partial charge < -0.3 is 24.4 Å². The minimum atomic E-state index is -3.92. The van der Waals surface area contributed by atoms with Crippen LogP contribution in [0.25, 0.3) is 0 Å². The molecule has 1 aliphatic rings. The van der Waals surface area contributed by atoms with E-state index in [1.807, 2.05) is 19.1 Å². The fourth-order valence-corrected chi connectivity index (χ4v) is 5.65. The van der Waals surface area contributed by atoms with Gasteiger partial charge in [-0.2, -0.15) is 0 Å². The summed E-state index contributed by atoms with van der Waals surface area (Å²) in [5.74, 6) is 0.577. The summed E-state index contributed by atoms with van der Waals surface area (Å²) in [6, 6.07) is 11.2. The van der Waals surface area contributed by atoms with Crippen LogP contribution in [0.5, 0.6) is 17.2 Å². The van der Waals surface area contributed by atoms with Crippen LogP contribution in [0.2, 0.25) is 0 Å². The molecule has 0 radical (unpaired) electrons. The van der Waals surface area contributed by atoms with Crippen molar-refractivity contribution in [1.29, 1.82) is 0 Å². The average Bonchev–Trinajstić information content (AvgIpc) is 3.43. The largest absolute Gasteiger partial charge is 0.497 e. The monoisotopic (exact) mass is 561 g/mol. The van der Waals surface area contributed by atoms with Crippen LogP contribution in [0.1, 0.15) is 44.6 Å². The second-order valence-electron chi connectivity index (χ2n) is 9.59. The third kappa shape index (κ3) is 7.78. The van der Waals surface area contributed by atoms with Crippen molar-refractivity contribution >= 4 is 27.5 Å². The van der Waals surface area contributed by atoms with Crippen LogP contribution in [-0.4, -0.2) is 71.3 Å². The van der Waals surface area contributed by atoms with Crippen LogP contribution < -0.4 is 23.8 Å². The Hall–Kier alpha value is -3.47. The van der Waals surface area contributed by atoms with Gasteiger partial charge >= 0.3 is 0 Å². The number of amides is 2. The second-order valence-corrected chi connectivity index (χ2v) is 11.5.